The number of halogens is 1. The Labute approximate surface area is 125 Å². The number of carbonyl (C=O) groups excluding carboxylic acids is 1. The lowest BCUT2D eigenvalue weighted by Crippen LogP contribution is -2.26. The molecule has 1 aliphatic rings. The number of carbonyl (C=O) groups is 1. The van der Waals surface area contributed by atoms with Gasteiger partial charge in [-0.2, -0.15) is 0 Å². The summed E-state index contributed by atoms with van der Waals surface area (Å²) in [4.78, 5) is 13.8. The smallest absolute Gasteiger partial charge is 0.224 e. The van der Waals surface area contributed by atoms with Crippen LogP contribution in [0.3, 0.4) is 0 Å². The van der Waals surface area contributed by atoms with Crippen molar-refractivity contribution in [2.45, 2.75) is 32.7 Å². The van der Waals surface area contributed by atoms with Crippen LogP contribution in [0, 0.1) is 11.7 Å². The van der Waals surface area contributed by atoms with E-state index in [1.807, 2.05) is 25.8 Å². The summed E-state index contributed by atoms with van der Waals surface area (Å²) in [5, 5.41) is 6.02. The van der Waals surface area contributed by atoms with Gasteiger partial charge in [0.1, 0.15) is 5.82 Å². The summed E-state index contributed by atoms with van der Waals surface area (Å²) in [5.41, 5.74) is 1.06. The van der Waals surface area contributed by atoms with Crippen LogP contribution in [0.4, 0.5) is 15.8 Å². The van der Waals surface area contributed by atoms with Gasteiger partial charge in [-0.1, -0.05) is 0 Å². The Morgan fingerprint density at radius 3 is 2.86 bits per heavy atom. The van der Waals surface area contributed by atoms with Gasteiger partial charge in [0.15, 0.2) is 0 Å². The first kappa shape index (κ1) is 15.8. The zero-order valence-corrected chi connectivity index (χ0v) is 12.9. The lowest BCUT2D eigenvalue weighted by atomic mass is 10.0. The van der Waals surface area contributed by atoms with E-state index >= 15 is 0 Å². The second-order valence-electron chi connectivity index (χ2n) is 5.98. The van der Waals surface area contributed by atoms with Crippen LogP contribution in [0.5, 0.6) is 0 Å². The molecule has 1 amide bonds. The molecule has 1 unspecified atom stereocenters. The van der Waals surface area contributed by atoms with Crippen molar-refractivity contribution < 1.29 is 9.18 Å². The van der Waals surface area contributed by atoms with Crippen LogP contribution in [-0.2, 0) is 4.79 Å². The van der Waals surface area contributed by atoms with Gasteiger partial charge in [0.05, 0.1) is 5.69 Å². The van der Waals surface area contributed by atoms with Gasteiger partial charge >= 0.3 is 0 Å². The maximum absolute atomic E-state index is 14.1. The molecule has 1 aliphatic heterocycles. The zero-order chi connectivity index (χ0) is 15.4. The van der Waals surface area contributed by atoms with E-state index < -0.39 is 0 Å². The molecule has 1 atom stereocenters. The van der Waals surface area contributed by atoms with E-state index in [9.17, 15) is 9.18 Å². The van der Waals surface area contributed by atoms with Crippen molar-refractivity contribution in [2.24, 2.45) is 5.92 Å². The monoisotopic (exact) mass is 293 g/mol. The fourth-order valence-electron chi connectivity index (χ4n) is 2.51. The largest absolute Gasteiger partial charge is 0.370 e. The molecular formula is C16H24FN3O. The number of nitrogens with one attached hydrogen (secondary N) is 2. The van der Waals surface area contributed by atoms with Crippen LogP contribution >= 0.6 is 0 Å². The number of nitrogens with zero attached hydrogens (tertiary/aromatic N) is 1. The fourth-order valence-corrected chi connectivity index (χ4v) is 2.51. The van der Waals surface area contributed by atoms with Crippen LogP contribution in [0.25, 0.3) is 0 Å². The average Bonchev–Trinajstić information content (AvgIpc) is 2.90. The molecule has 21 heavy (non-hydrogen) atoms. The molecule has 1 aromatic carbocycles. The number of hydrogen-bond acceptors (Lipinski definition) is 3. The lowest BCUT2D eigenvalue weighted by Gasteiger charge is -2.24. The highest BCUT2D eigenvalue weighted by atomic mass is 19.1. The summed E-state index contributed by atoms with van der Waals surface area (Å²) in [6, 6.07) is 5.07. The summed E-state index contributed by atoms with van der Waals surface area (Å²) >= 11 is 0. The summed E-state index contributed by atoms with van der Waals surface area (Å²) < 4.78 is 14.1. The predicted molar refractivity (Wildman–Crippen MR) is 84.2 cm³/mol. The third-order valence-electron chi connectivity index (χ3n) is 4.02. The summed E-state index contributed by atoms with van der Waals surface area (Å²) in [5.74, 6) is 0.0285. The summed E-state index contributed by atoms with van der Waals surface area (Å²) in [7, 11) is 1.86. The Balaban J connectivity index is 1.97. The zero-order valence-electron chi connectivity index (χ0n) is 12.9. The Kier molecular flexibility index (Phi) is 5.17. The number of benzene rings is 1. The molecule has 5 heteroatoms. The molecular weight excluding hydrogens is 269 g/mol. The SMILES string of the molecule is CC(C)N(C)c1ccc(NC(=O)CC2CCNC2)cc1F. The highest BCUT2D eigenvalue weighted by molar-refractivity contribution is 5.91. The van der Waals surface area contributed by atoms with Crippen LogP contribution in [0.15, 0.2) is 18.2 Å². The molecule has 4 nitrogen and oxygen atoms in total. The Morgan fingerprint density at radius 1 is 1.52 bits per heavy atom. The van der Waals surface area contributed by atoms with E-state index in [0.29, 0.717) is 23.7 Å². The molecule has 116 valence electrons. The van der Waals surface area contributed by atoms with E-state index in [-0.39, 0.29) is 17.8 Å². The Bertz CT molecular complexity index is 498. The van der Waals surface area contributed by atoms with Crippen LogP contribution in [-0.4, -0.2) is 32.1 Å². The van der Waals surface area contributed by atoms with Gasteiger partial charge in [-0.25, -0.2) is 4.39 Å². The van der Waals surface area contributed by atoms with Gasteiger partial charge < -0.3 is 15.5 Å². The predicted octanol–water partition coefficient (Wildman–Crippen LogP) is 2.61. The maximum Gasteiger partial charge on any atom is 0.224 e. The molecule has 0 aliphatic carbocycles. The third kappa shape index (κ3) is 4.17. The highest BCUT2D eigenvalue weighted by Crippen LogP contribution is 2.24. The molecule has 0 saturated carbocycles. The van der Waals surface area contributed by atoms with Gasteiger partial charge in [-0.05, 0) is 57.5 Å². The highest BCUT2D eigenvalue weighted by Gasteiger charge is 2.18. The number of rotatable bonds is 5. The number of hydrogen-bond donors (Lipinski definition) is 2. The second kappa shape index (κ2) is 6.89. The van der Waals surface area contributed by atoms with E-state index in [4.69, 9.17) is 0 Å². The minimum absolute atomic E-state index is 0.0481. The minimum Gasteiger partial charge on any atom is -0.370 e. The first-order valence-electron chi connectivity index (χ1n) is 7.50. The van der Waals surface area contributed by atoms with Crippen molar-refractivity contribution >= 4 is 17.3 Å². The van der Waals surface area contributed by atoms with E-state index in [1.165, 1.54) is 6.07 Å². The van der Waals surface area contributed by atoms with Crippen molar-refractivity contribution in [3.63, 3.8) is 0 Å². The normalized spacial score (nSPS) is 18.0. The third-order valence-corrected chi connectivity index (χ3v) is 4.02. The Hall–Kier alpha value is -1.62. The molecule has 2 N–H and O–H groups in total. The van der Waals surface area contributed by atoms with E-state index in [0.717, 1.165) is 19.5 Å². The Morgan fingerprint density at radius 2 is 2.29 bits per heavy atom. The van der Waals surface area contributed by atoms with Gasteiger partial charge in [-0.15, -0.1) is 0 Å². The van der Waals surface area contributed by atoms with Crippen LogP contribution in [0.1, 0.15) is 26.7 Å². The van der Waals surface area contributed by atoms with Crippen LogP contribution < -0.4 is 15.5 Å². The van der Waals surface area contributed by atoms with E-state index in [1.54, 1.807) is 12.1 Å². The van der Waals surface area contributed by atoms with Crippen molar-refractivity contribution in [3.05, 3.63) is 24.0 Å². The van der Waals surface area contributed by atoms with Crippen molar-refractivity contribution in [2.75, 3.05) is 30.4 Å². The number of anilines is 2. The minimum atomic E-state index is -0.313. The first-order valence-corrected chi connectivity index (χ1v) is 7.50. The van der Waals surface area contributed by atoms with Crippen molar-refractivity contribution in [1.82, 2.24) is 5.32 Å². The molecule has 1 saturated heterocycles. The molecule has 2 rings (SSSR count). The second-order valence-corrected chi connectivity index (χ2v) is 5.98. The topological polar surface area (TPSA) is 44.4 Å². The fraction of sp³-hybridized carbons (Fsp3) is 0.562. The summed E-state index contributed by atoms with van der Waals surface area (Å²) in [6.07, 6.45) is 1.52. The van der Waals surface area contributed by atoms with Gasteiger partial charge in [-0.3, -0.25) is 4.79 Å². The first-order chi connectivity index (χ1) is 9.97. The number of amides is 1. The van der Waals surface area contributed by atoms with Crippen molar-refractivity contribution in [3.8, 4) is 0 Å². The molecule has 1 aromatic rings. The van der Waals surface area contributed by atoms with Gasteiger partial charge in [0.2, 0.25) is 5.91 Å². The molecule has 1 heterocycles. The van der Waals surface area contributed by atoms with Crippen LogP contribution in [0.2, 0.25) is 0 Å². The molecule has 0 aromatic heterocycles. The molecule has 0 bridgehead atoms. The quantitative estimate of drug-likeness (QED) is 0.877. The maximum atomic E-state index is 14.1. The van der Waals surface area contributed by atoms with Crippen molar-refractivity contribution in [1.29, 1.82) is 0 Å². The molecule has 0 spiro atoms. The van der Waals surface area contributed by atoms with Gasteiger partial charge in [0, 0.05) is 25.2 Å². The lowest BCUT2D eigenvalue weighted by molar-refractivity contribution is -0.116. The average molecular weight is 293 g/mol. The molecule has 1 fully saturated rings. The van der Waals surface area contributed by atoms with Gasteiger partial charge in [0.25, 0.3) is 0 Å². The molecule has 0 radical (unpaired) electrons. The standard InChI is InChI=1S/C16H24FN3O/c1-11(2)20(3)15-5-4-13(9-14(15)17)19-16(21)8-12-6-7-18-10-12/h4-5,9,11-12,18H,6-8,10H2,1-3H3,(H,19,21). The summed E-state index contributed by atoms with van der Waals surface area (Å²) in [6.45, 7) is 5.87. The van der Waals surface area contributed by atoms with E-state index in [2.05, 4.69) is 10.6 Å².